The molecule has 0 bridgehead atoms. The number of nitrogens with one attached hydrogen (secondary N) is 2. The third-order valence-electron chi connectivity index (χ3n) is 4.34. The van der Waals surface area contributed by atoms with Gasteiger partial charge in [-0.2, -0.15) is 0 Å². The van der Waals surface area contributed by atoms with Crippen LogP contribution in [0.3, 0.4) is 0 Å². The number of aromatic nitrogens is 2. The summed E-state index contributed by atoms with van der Waals surface area (Å²) in [6.07, 6.45) is 0.774. The van der Waals surface area contributed by atoms with E-state index >= 15 is 0 Å². The largest absolute Gasteiger partial charge is 0.497 e. The maximum atomic E-state index is 13.7. The maximum Gasteiger partial charge on any atom is 0.270 e. The van der Waals surface area contributed by atoms with Gasteiger partial charge < -0.3 is 15.4 Å². The van der Waals surface area contributed by atoms with E-state index in [1.54, 1.807) is 38.3 Å². The first-order valence-electron chi connectivity index (χ1n) is 9.29. The molecule has 1 amide bonds. The quantitative estimate of drug-likeness (QED) is 0.611. The van der Waals surface area contributed by atoms with E-state index in [1.807, 2.05) is 24.3 Å². The molecule has 1 heterocycles. The number of nitrogens with zero attached hydrogens (tertiary/aromatic N) is 2. The third-order valence-corrected chi connectivity index (χ3v) is 4.34. The fraction of sp³-hybridized carbons (Fsp3) is 0.227. The molecule has 2 aromatic carbocycles. The summed E-state index contributed by atoms with van der Waals surface area (Å²) in [5.41, 5.74) is 2.47. The molecule has 2 N–H and O–H groups in total. The number of anilines is 1. The maximum absolute atomic E-state index is 13.7. The van der Waals surface area contributed by atoms with Crippen molar-refractivity contribution in [2.24, 2.45) is 0 Å². The highest BCUT2D eigenvalue weighted by Crippen LogP contribution is 2.12. The van der Waals surface area contributed by atoms with Crippen LogP contribution in [0, 0.1) is 12.7 Å². The number of carbonyl (C=O) groups excluding carboxylic acids is 1. The number of aryl methyl sites for hydroxylation is 1. The molecule has 1 aromatic heterocycles. The van der Waals surface area contributed by atoms with Crippen molar-refractivity contribution in [3.05, 3.63) is 82.9 Å². The van der Waals surface area contributed by atoms with Gasteiger partial charge in [-0.15, -0.1) is 0 Å². The minimum Gasteiger partial charge on any atom is -0.497 e. The summed E-state index contributed by atoms with van der Waals surface area (Å²) in [5.74, 6) is 0.467. The summed E-state index contributed by atoms with van der Waals surface area (Å²) < 4.78 is 18.9. The molecule has 7 heteroatoms. The van der Waals surface area contributed by atoms with E-state index in [0.29, 0.717) is 23.8 Å². The second kappa shape index (κ2) is 9.64. The molecule has 0 spiro atoms. The minimum absolute atomic E-state index is 0.0921. The number of benzene rings is 2. The summed E-state index contributed by atoms with van der Waals surface area (Å²) >= 11 is 0. The molecule has 0 aliphatic rings. The van der Waals surface area contributed by atoms with Gasteiger partial charge in [-0.05, 0) is 43.2 Å². The zero-order valence-electron chi connectivity index (χ0n) is 16.4. The van der Waals surface area contributed by atoms with Crippen LogP contribution in [0.5, 0.6) is 5.75 Å². The molecule has 0 saturated carbocycles. The molecule has 0 atom stereocenters. The van der Waals surface area contributed by atoms with Crippen LogP contribution in [-0.2, 0) is 13.0 Å². The zero-order chi connectivity index (χ0) is 20.6. The lowest BCUT2D eigenvalue weighted by atomic mass is 10.1. The Morgan fingerprint density at radius 2 is 1.86 bits per heavy atom. The van der Waals surface area contributed by atoms with Crippen LogP contribution in [0.15, 0.2) is 54.6 Å². The molecular weight excluding hydrogens is 371 g/mol. The highest BCUT2D eigenvalue weighted by atomic mass is 19.1. The van der Waals surface area contributed by atoms with Crippen molar-refractivity contribution in [2.75, 3.05) is 19.0 Å². The first-order valence-corrected chi connectivity index (χ1v) is 9.29. The van der Waals surface area contributed by atoms with Crippen LogP contribution in [0.1, 0.15) is 27.3 Å². The number of carbonyl (C=O) groups is 1. The monoisotopic (exact) mass is 394 g/mol. The second-order valence-electron chi connectivity index (χ2n) is 6.52. The van der Waals surface area contributed by atoms with Crippen molar-refractivity contribution in [2.45, 2.75) is 19.9 Å². The number of rotatable bonds is 8. The highest BCUT2D eigenvalue weighted by molar-refractivity contribution is 5.92. The average Bonchev–Trinajstić information content (AvgIpc) is 2.73. The number of hydrogen-bond donors (Lipinski definition) is 2. The molecule has 0 saturated heterocycles. The summed E-state index contributed by atoms with van der Waals surface area (Å²) in [6, 6.07) is 15.8. The van der Waals surface area contributed by atoms with Crippen LogP contribution in [0.4, 0.5) is 10.3 Å². The molecular formula is C22H23FN4O2. The van der Waals surface area contributed by atoms with Crippen LogP contribution < -0.4 is 15.4 Å². The molecule has 3 rings (SSSR count). The van der Waals surface area contributed by atoms with E-state index in [4.69, 9.17) is 4.74 Å². The van der Waals surface area contributed by atoms with E-state index in [-0.39, 0.29) is 24.0 Å². The van der Waals surface area contributed by atoms with E-state index in [9.17, 15) is 9.18 Å². The van der Waals surface area contributed by atoms with E-state index in [1.165, 1.54) is 6.07 Å². The zero-order valence-corrected chi connectivity index (χ0v) is 16.4. The van der Waals surface area contributed by atoms with Crippen molar-refractivity contribution in [3.63, 3.8) is 0 Å². The predicted molar refractivity (Wildman–Crippen MR) is 110 cm³/mol. The number of amides is 1. The lowest BCUT2D eigenvalue weighted by Crippen LogP contribution is -2.25. The molecule has 0 radical (unpaired) electrons. The molecule has 6 nitrogen and oxygen atoms in total. The Morgan fingerprint density at radius 1 is 1.10 bits per heavy atom. The molecule has 0 aliphatic heterocycles. The Balaban J connectivity index is 1.58. The van der Waals surface area contributed by atoms with E-state index < -0.39 is 0 Å². The Hall–Kier alpha value is -3.48. The first-order chi connectivity index (χ1) is 14.0. The summed E-state index contributed by atoms with van der Waals surface area (Å²) in [7, 11) is 1.63. The average molecular weight is 394 g/mol. The number of methoxy groups -OCH3 is 1. The van der Waals surface area contributed by atoms with Gasteiger partial charge in [-0.3, -0.25) is 4.79 Å². The Kier molecular flexibility index (Phi) is 6.73. The SMILES string of the molecule is COc1ccc(CCNc2nc(C)cc(C(=O)NCc3ccccc3F)n2)cc1. The highest BCUT2D eigenvalue weighted by Gasteiger charge is 2.11. The standard InChI is InChI=1S/C22H23FN4O2/c1-15-13-20(21(28)25-14-17-5-3-4-6-19(17)23)27-22(26-15)24-12-11-16-7-9-18(29-2)10-8-16/h3-10,13H,11-12,14H2,1-2H3,(H,25,28)(H,24,26,27). The van der Waals surface area contributed by atoms with Crippen molar-refractivity contribution < 1.29 is 13.9 Å². The molecule has 0 fully saturated rings. The number of halogens is 1. The number of ether oxygens (including phenoxy) is 1. The van der Waals surface area contributed by atoms with Gasteiger partial charge in [0.05, 0.1) is 7.11 Å². The number of hydrogen-bond acceptors (Lipinski definition) is 5. The molecule has 150 valence electrons. The molecule has 0 unspecified atom stereocenters. The Bertz CT molecular complexity index is 977. The summed E-state index contributed by atoms with van der Waals surface area (Å²) in [6.45, 7) is 2.50. The van der Waals surface area contributed by atoms with Crippen LogP contribution >= 0.6 is 0 Å². The van der Waals surface area contributed by atoms with E-state index in [0.717, 1.165) is 17.7 Å². The fourth-order valence-electron chi connectivity index (χ4n) is 2.78. The van der Waals surface area contributed by atoms with Crippen molar-refractivity contribution in [3.8, 4) is 5.75 Å². The Morgan fingerprint density at radius 3 is 2.59 bits per heavy atom. The Labute approximate surface area is 169 Å². The molecule has 3 aromatic rings. The topological polar surface area (TPSA) is 76.1 Å². The summed E-state index contributed by atoms with van der Waals surface area (Å²) in [4.78, 5) is 21.0. The van der Waals surface area contributed by atoms with Gasteiger partial charge >= 0.3 is 0 Å². The van der Waals surface area contributed by atoms with Crippen LogP contribution in [0.2, 0.25) is 0 Å². The van der Waals surface area contributed by atoms with Crippen LogP contribution in [0.25, 0.3) is 0 Å². The summed E-state index contributed by atoms with van der Waals surface area (Å²) in [5, 5.41) is 5.84. The van der Waals surface area contributed by atoms with E-state index in [2.05, 4.69) is 20.6 Å². The van der Waals surface area contributed by atoms with Crippen LogP contribution in [-0.4, -0.2) is 29.5 Å². The predicted octanol–water partition coefficient (Wildman–Crippen LogP) is 3.52. The van der Waals surface area contributed by atoms with Crippen molar-refractivity contribution in [1.29, 1.82) is 0 Å². The van der Waals surface area contributed by atoms with Gasteiger partial charge in [-0.1, -0.05) is 30.3 Å². The smallest absolute Gasteiger partial charge is 0.270 e. The molecule has 0 aliphatic carbocycles. The van der Waals surface area contributed by atoms with Crippen molar-refractivity contribution in [1.82, 2.24) is 15.3 Å². The normalized spacial score (nSPS) is 10.4. The van der Waals surface area contributed by atoms with Gasteiger partial charge in [0.2, 0.25) is 5.95 Å². The van der Waals surface area contributed by atoms with Crippen molar-refractivity contribution >= 4 is 11.9 Å². The lowest BCUT2D eigenvalue weighted by Gasteiger charge is -2.10. The lowest BCUT2D eigenvalue weighted by molar-refractivity contribution is 0.0945. The third kappa shape index (κ3) is 5.75. The van der Waals surface area contributed by atoms with Gasteiger partial charge in [-0.25, -0.2) is 14.4 Å². The second-order valence-corrected chi connectivity index (χ2v) is 6.52. The van der Waals surface area contributed by atoms with Gasteiger partial charge in [0.25, 0.3) is 5.91 Å². The van der Waals surface area contributed by atoms with Gasteiger partial charge in [0, 0.05) is 24.3 Å². The first kappa shape index (κ1) is 20.3. The van der Waals surface area contributed by atoms with Gasteiger partial charge in [0.15, 0.2) is 0 Å². The minimum atomic E-state index is -0.378. The van der Waals surface area contributed by atoms with Gasteiger partial charge in [0.1, 0.15) is 17.3 Å². The molecule has 29 heavy (non-hydrogen) atoms. The fourth-order valence-corrected chi connectivity index (χ4v) is 2.78.